The quantitative estimate of drug-likeness (QED) is 0.813. The molecule has 1 heterocycles. The molecule has 2 aromatic rings. The van der Waals surface area contributed by atoms with Gasteiger partial charge in [0.25, 0.3) is 0 Å². The molecule has 4 nitrogen and oxygen atoms in total. The molecule has 0 amide bonds. The number of nitrogens with zero attached hydrogens (tertiary/aromatic N) is 2. The smallest absolute Gasteiger partial charge is 0.166 e. The minimum absolute atomic E-state index is 0.0417. The average molecular weight is 296 g/mol. The predicted octanol–water partition coefficient (Wildman–Crippen LogP) is 3.62. The number of carbonyl (C=O) groups is 2. The number of ketones is 2. The molecule has 1 aromatic carbocycles. The third-order valence-electron chi connectivity index (χ3n) is 4.21. The van der Waals surface area contributed by atoms with Crippen molar-refractivity contribution in [1.82, 2.24) is 9.78 Å². The fraction of sp³-hybridized carbons (Fsp3) is 0.389. The SMILES string of the molecule is CCC(=O)c1ccc(-n2ncc3c2CC(C)(C)CC3=O)cc1. The van der Waals surface area contributed by atoms with E-state index in [9.17, 15) is 9.59 Å². The molecular formula is C18H20N2O2. The van der Waals surface area contributed by atoms with Crippen LogP contribution in [0.5, 0.6) is 0 Å². The van der Waals surface area contributed by atoms with E-state index in [1.807, 2.05) is 35.9 Å². The zero-order valence-electron chi connectivity index (χ0n) is 13.2. The first kappa shape index (κ1) is 14.7. The molecule has 1 aliphatic carbocycles. The van der Waals surface area contributed by atoms with E-state index >= 15 is 0 Å². The van der Waals surface area contributed by atoms with E-state index in [0.29, 0.717) is 18.4 Å². The Morgan fingerprint density at radius 1 is 1.23 bits per heavy atom. The van der Waals surface area contributed by atoms with E-state index < -0.39 is 0 Å². The van der Waals surface area contributed by atoms with Gasteiger partial charge in [-0.3, -0.25) is 9.59 Å². The Bertz CT molecular complexity index is 739. The largest absolute Gasteiger partial charge is 0.294 e. The van der Waals surface area contributed by atoms with Crippen LogP contribution >= 0.6 is 0 Å². The van der Waals surface area contributed by atoms with Gasteiger partial charge in [-0.1, -0.05) is 20.8 Å². The third-order valence-corrected chi connectivity index (χ3v) is 4.21. The molecule has 4 heteroatoms. The lowest BCUT2D eigenvalue weighted by molar-refractivity contribution is 0.0910. The van der Waals surface area contributed by atoms with E-state index in [1.165, 1.54) is 0 Å². The van der Waals surface area contributed by atoms with E-state index in [0.717, 1.165) is 23.4 Å². The van der Waals surface area contributed by atoms with E-state index in [4.69, 9.17) is 0 Å². The summed E-state index contributed by atoms with van der Waals surface area (Å²) in [6.07, 6.45) is 3.55. The van der Waals surface area contributed by atoms with Crippen LogP contribution in [-0.4, -0.2) is 21.3 Å². The van der Waals surface area contributed by atoms with Crippen LogP contribution in [0.25, 0.3) is 5.69 Å². The Morgan fingerprint density at radius 2 is 1.91 bits per heavy atom. The molecule has 0 fully saturated rings. The summed E-state index contributed by atoms with van der Waals surface area (Å²) in [6, 6.07) is 7.43. The van der Waals surface area contributed by atoms with Crippen LogP contribution in [0.4, 0.5) is 0 Å². The number of carbonyl (C=O) groups excluding carboxylic acids is 2. The molecule has 1 aromatic heterocycles. The molecule has 0 spiro atoms. The zero-order valence-corrected chi connectivity index (χ0v) is 13.2. The molecule has 0 radical (unpaired) electrons. The molecule has 0 N–H and O–H groups in total. The highest BCUT2D eigenvalue weighted by Crippen LogP contribution is 2.35. The molecule has 0 saturated carbocycles. The Balaban J connectivity index is 2.00. The molecule has 0 atom stereocenters. The van der Waals surface area contributed by atoms with E-state index in [1.54, 1.807) is 6.20 Å². The molecule has 1 aliphatic rings. The number of benzene rings is 1. The van der Waals surface area contributed by atoms with Gasteiger partial charge in [0.2, 0.25) is 0 Å². The maximum atomic E-state index is 12.2. The lowest BCUT2D eigenvalue weighted by Crippen LogP contribution is -2.27. The second kappa shape index (κ2) is 5.20. The van der Waals surface area contributed by atoms with Crippen molar-refractivity contribution >= 4 is 11.6 Å². The van der Waals surface area contributed by atoms with Crippen LogP contribution in [0, 0.1) is 5.41 Å². The highest BCUT2D eigenvalue weighted by Gasteiger charge is 2.34. The summed E-state index contributed by atoms with van der Waals surface area (Å²) >= 11 is 0. The second-order valence-corrected chi connectivity index (χ2v) is 6.68. The Hall–Kier alpha value is -2.23. The Kier molecular flexibility index (Phi) is 3.47. The molecule has 0 unspecified atom stereocenters. The first-order chi connectivity index (χ1) is 10.4. The van der Waals surface area contributed by atoms with Gasteiger partial charge in [0.05, 0.1) is 23.1 Å². The van der Waals surface area contributed by atoms with Crippen LogP contribution in [0.1, 0.15) is 60.0 Å². The van der Waals surface area contributed by atoms with Gasteiger partial charge < -0.3 is 0 Å². The highest BCUT2D eigenvalue weighted by atomic mass is 16.1. The van der Waals surface area contributed by atoms with Gasteiger partial charge in [-0.2, -0.15) is 5.10 Å². The van der Waals surface area contributed by atoms with Crippen LogP contribution in [-0.2, 0) is 6.42 Å². The lowest BCUT2D eigenvalue weighted by atomic mass is 9.76. The highest BCUT2D eigenvalue weighted by molar-refractivity contribution is 5.98. The van der Waals surface area contributed by atoms with Gasteiger partial charge in [0.15, 0.2) is 11.6 Å². The summed E-state index contributed by atoms with van der Waals surface area (Å²) in [7, 11) is 0. The van der Waals surface area contributed by atoms with Crippen molar-refractivity contribution in [3.63, 3.8) is 0 Å². The minimum Gasteiger partial charge on any atom is -0.294 e. The molecule has 114 valence electrons. The van der Waals surface area contributed by atoms with Crippen molar-refractivity contribution in [2.45, 2.75) is 40.0 Å². The number of hydrogen-bond acceptors (Lipinski definition) is 3. The molecule has 3 rings (SSSR count). The first-order valence-electron chi connectivity index (χ1n) is 7.65. The summed E-state index contributed by atoms with van der Waals surface area (Å²) in [4.78, 5) is 23.9. The number of rotatable bonds is 3. The van der Waals surface area contributed by atoms with Crippen molar-refractivity contribution < 1.29 is 9.59 Å². The summed E-state index contributed by atoms with van der Waals surface area (Å²) in [5.74, 6) is 0.292. The standard InChI is InChI=1S/C18H20N2O2/c1-4-16(21)12-5-7-13(8-6-12)20-15-9-18(2,3)10-17(22)14(15)11-19-20/h5-8,11H,4,9-10H2,1-3H3. The van der Waals surface area contributed by atoms with Gasteiger partial charge in [-0.05, 0) is 36.1 Å². The summed E-state index contributed by atoms with van der Waals surface area (Å²) in [6.45, 7) is 6.07. The molecule has 0 bridgehead atoms. The second-order valence-electron chi connectivity index (χ2n) is 6.68. The van der Waals surface area contributed by atoms with E-state index in [2.05, 4.69) is 18.9 Å². The van der Waals surface area contributed by atoms with Crippen LogP contribution in [0.15, 0.2) is 30.5 Å². The summed E-state index contributed by atoms with van der Waals surface area (Å²) in [5, 5.41) is 4.39. The van der Waals surface area contributed by atoms with Crippen molar-refractivity contribution in [3.05, 3.63) is 47.3 Å². The molecule has 0 saturated heterocycles. The monoisotopic (exact) mass is 296 g/mol. The minimum atomic E-state index is -0.0417. The van der Waals surface area contributed by atoms with Crippen LogP contribution in [0.2, 0.25) is 0 Å². The fourth-order valence-corrected chi connectivity index (χ4v) is 3.04. The Morgan fingerprint density at radius 3 is 2.55 bits per heavy atom. The zero-order chi connectivity index (χ0) is 15.9. The third kappa shape index (κ3) is 2.49. The topological polar surface area (TPSA) is 52.0 Å². The summed E-state index contributed by atoms with van der Waals surface area (Å²) < 4.78 is 1.83. The lowest BCUT2D eigenvalue weighted by Gasteiger charge is -2.28. The number of fused-ring (bicyclic) bond motifs is 1. The van der Waals surface area contributed by atoms with Crippen LogP contribution < -0.4 is 0 Å². The summed E-state index contributed by atoms with van der Waals surface area (Å²) in [5.41, 5.74) is 3.26. The molecule has 22 heavy (non-hydrogen) atoms. The van der Waals surface area contributed by atoms with Gasteiger partial charge in [0.1, 0.15) is 0 Å². The average Bonchev–Trinajstić information content (AvgIpc) is 2.89. The number of aromatic nitrogens is 2. The molecular weight excluding hydrogens is 276 g/mol. The number of hydrogen-bond donors (Lipinski definition) is 0. The van der Waals surface area contributed by atoms with Crippen molar-refractivity contribution in [2.75, 3.05) is 0 Å². The Labute approximate surface area is 130 Å². The van der Waals surface area contributed by atoms with Crippen molar-refractivity contribution in [1.29, 1.82) is 0 Å². The number of Topliss-reactive ketones (excluding diaryl/α,β-unsaturated/α-hetero) is 2. The first-order valence-corrected chi connectivity index (χ1v) is 7.65. The van der Waals surface area contributed by atoms with E-state index in [-0.39, 0.29) is 17.0 Å². The van der Waals surface area contributed by atoms with Crippen molar-refractivity contribution in [3.8, 4) is 5.69 Å². The normalized spacial score (nSPS) is 16.4. The fourth-order valence-electron chi connectivity index (χ4n) is 3.04. The van der Waals surface area contributed by atoms with Gasteiger partial charge in [0, 0.05) is 18.4 Å². The van der Waals surface area contributed by atoms with Gasteiger partial charge in [-0.15, -0.1) is 0 Å². The van der Waals surface area contributed by atoms with Gasteiger partial charge in [-0.25, -0.2) is 4.68 Å². The van der Waals surface area contributed by atoms with Crippen molar-refractivity contribution in [2.24, 2.45) is 5.41 Å². The molecule has 0 aliphatic heterocycles. The maximum absolute atomic E-state index is 12.2. The maximum Gasteiger partial charge on any atom is 0.166 e. The predicted molar refractivity (Wildman–Crippen MR) is 84.6 cm³/mol. The van der Waals surface area contributed by atoms with Crippen LogP contribution in [0.3, 0.4) is 0 Å². The van der Waals surface area contributed by atoms with Gasteiger partial charge >= 0.3 is 0 Å².